The predicted octanol–water partition coefficient (Wildman–Crippen LogP) is 19.2. The summed E-state index contributed by atoms with van der Waals surface area (Å²) in [6.07, 6.45) is 17.2. The van der Waals surface area contributed by atoms with E-state index in [4.69, 9.17) is 13.8 Å². The van der Waals surface area contributed by atoms with Gasteiger partial charge in [0.1, 0.15) is 16.7 Å². The molecule has 5 aromatic heterocycles. The first-order chi connectivity index (χ1) is 42.6. The SMILES string of the molecule is CC(C)c1cc(-c2ccc3c(c2)oc2ccccc23)cc(C(C)C)c1-n1ccnc1-c1[c-]ccc2c1oc1c3ccc(-c4ccccc4)cc3ccc21.C[n+]1[c-]n(-c2[c-]cc(CCc3cccc(CCc4ccc(-c5[c-]cccc5)nc4)c3)cc2)cc1.[Ir]. The van der Waals surface area contributed by atoms with Gasteiger partial charge in [0.25, 0.3) is 0 Å². The first-order valence-corrected chi connectivity index (χ1v) is 30.1. The normalized spacial score (nSPS) is 11.5. The molecule has 10 aromatic carbocycles. The summed E-state index contributed by atoms with van der Waals surface area (Å²) in [4.78, 5) is 9.62. The molecule has 0 atom stereocenters. The van der Waals surface area contributed by atoms with E-state index >= 15 is 0 Å². The van der Waals surface area contributed by atoms with Crippen molar-refractivity contribution in [1.82, 2.24) is 19.1 Å². The van der Waals surface area contributed by atoms with Crippen LogP contribution in [0.3, 0.4) is 0 Å². The fraction of sp³-hybridized carbons (Fsp3) is 0.138. The zero-order chi connectivity index (χ0) is 59.0. The zero-order valence-electron chi connectivity index (χ0n) is 49.9. The predicted molar refractivity (Wildman–Crippen MR) is 353 cm³/mol. The Kier molecular flexibility index (Phi) is 16.3. The third-order valence-electron chi connectivity index (χ3n) is 16.8. The average molecular weight is 1320 g/mol. The maximum Gasteiger partial charge on any atom is 0.241 e. The standard InChI is InChI=1S/C49H37N2O2.C31H27N3.Ir/c1-29(2)42-26-35(33-18-21-38-37-13-8-9-16-44(37)52-45(38)28-33)27-43(30(3)4)46(42)51-24-23-50-49(51)41-15-10-14-39-40-22-19-34-25-32(31-11-6-5-7-12-31)17-20-36(34)47(40)53-48(39)41;1-33-20-21-34(24-33)30-17-14-25(15-18-30)10-11-26-6-5-7-27(22-26)12-13-28-16-19-31(32-23-28)29-8-3-2-4-9-29;/h5-14,16-30H,1-4H3;2-8,14-17,19-23H,10-13H2,1H3;/q-1;-2;. The number of fused-ring (bicyclic) bond motifs is 8. The van der Waals surface area contributed by atoms with E-state index < -0.39 is 0 Å². The van der Waals surface area contributed by atoms with Gasteiger partial charge in [-0.15, -0.1) is 54.1 Å². The van der Waals surface area contributed by atoms with E-state index in [2.05, 4.69) is 232 Å². The summed E-state index contributed by atoms with van der Waals surface area (Å²) in [5, 5.41) is 6.66. The Morgan fingerprint density at radius 3 is 1.93 bits per heavy atom. The summed E-state index contributed by atoms with van der Waals surface area (Å²) in [7, 11) is 1.97. The van der Waals surface area contributed by atoms with Crippen LogP contribution < -0.4 is 4.57 Å². The number of pyridine rings is 1. The van der Waals surface area contributed by atoms with Gasteiger partial charge >= 0.3 is 0 Å². The Balaban J connectivity index is 0.000000177. The van der Waals surface area contributed by atoms with Gasteiger partial charge in [0, 0.05) is 78.3 Å². The summed E-state index contributed by atoms with van der Waals surface area (Å²) < 4.78 is 19.3. The molecule has 5 heterocycles. The molecule has 0 aliphatic heterocycles. The zero-order valence-corrected chi connectivity index (χ0v) is 52.3. The van der Waals surface area contributed by atoms with Gasteiger partial charge in [0.15, 0.2) is 0 Å². The minimum absolute atomic E-state index is 0. The molecule has 15 aromatic rings. The average Bonchev–Trinajstić information content (AvgIpc) is 1.91. The van der Waals surface area contributed by atoms with Crippen LogP contribution in [0.4, 0.5) is 0 Å². The van der Waals surface area contributed by atoms with E-state index in [1.165, 1.54) is 50.1 Å². The molecule has 0 aliphatic carbocycles. The number of hydrogen-bond acceptors (Lipinski definition) is 4. The van der Waals surface area contributed by atoms with Crippen LogP contribution in [0.2, 0.25) is 0 Å². The van der Waals surface area contributed by atoms with Crippen LogP contribution in [0.5, 0.6) is 0 Å². The Hall–Kier alpha value is -9.72. The quantitative estimate of drug-likeness (QED) is 0.0804. The van der Waals surface area contributed by atoms with Crippen LogP contribution >= 0.6 is 0 Å². The number of aromatic nitrogens is 5. The molecule has 0 bridgehead atoms. The van der Waals surface area contributed by atoms with Crippen molar-refractivity contribution < 1.29 is 33.5 Å². The minimum Gasteiger partial charge on any atom is -0.500 e. The van der Waals surface area contributed by atoms with Gasteiger partial charge in [-0.3, -0.25) is 4.98 Å². The molecule has 15 rings (SSSR count). The molecule has 0 unspecified atom stereocenters. The van der Waals surface area contributed by atoms with Gasteiger partial charge in [-0.05, 0) is 129 Å². The third kappa shape index (κ3) is 11.6. The van der Waals surface area contributed by atoms with E-state index in [-0.39, 0.29) is 31.9 Å². The van der Waals surface area contributed by atoms with Gasteiger partial charge in [-0.25, -0.2) is 0 Å². The Labute approximate surface area is 527 Å². The number of hydrogen-bond donors (Lipinski definition) is 0. The van der Waals surface area contributed by atoms with Gasteiger partial charge in [0.2, 0.25) is 6.33 Å². The second kappa shape index (κ2) is 24.9. The van der Waals surface area contributed by atoms with Crippen molar-refractivity contribution in [2.24, 2.45) is 7.05 Å². The number of benzene rings is 10. The Morgan fingerprint density at radius 2 is 1.20 bits per heavy atom. The molecule has 0 saturated heterocycles. The number of rotatable bonds is 14. The van der Waals surface area contributed by atoms with Crippen molar-refractivity contribution in [1.29, 1.82) is 0 Å². The first-order valence-electron chi connectivity index (χ1n) is 30.1. The molecule has 7 nitrogen and oxygen atoms in total. The second-order valence-electron chi connectivity index (χ2n) is 23.3. The Morgan fingerprint density at radius 1 is 0.500 bits per heavy atom. The fourth-order valence-corrected chi connectivity index (χ4v) is 12.2. The molecule has 88 heavy (non-hydrogen) atoms. The largest absolute Gasteiger partial charge is 0.500 e. The van der Waals surface area contributed by atoms with Crippen molar-refractivity contribution in [2.75, 3.05) is 0 Å². The summed E-state index contributed by atoms with van der Waals surface area (Å²) in [6.45, 7) is 9.08. The van der Waals surface area contributed by atoms with Crippen molar-refractivity contribution >= 4 is 54.6 Å². The fourth-order valence-electron chi connectivity index (χ4n) is 12.2. The van der Waals surface area contributed by atoms with E-state index in [1.807, 2.05) is 83.4 Å². The third-order valence-corrected chi connectivity index (χ3v) is 16.8. The number of furan rings is 2. The molecule has 433 valence electrons. The van der Waals surface area contributed by atoms with Crippen molar-refractivity contribution in [2.45, 2.75) is 65.2 Å². The number of imidazole rings is 2. The Bertz CT molecular complexity index is 4910. The van der Waals surface area contributed by atoms with Gasteiger partial charge in [-0.2, -0.15) is 29.8 Å². The van der Waals surface area contributed by atoms with Gasteiger partial charge in [0.05, 0.1) is 18.5 Å². The van der Waals surface area contributed by atoms with Crippen LogP contribution in [0.15, 0.2) is 246 Å². The van der Waals surface area contributed by atoms with E-state index in [0.717, 1.165) is 120 Å². The molecule has 8 heteroatoms. The van der Waals surface area contributed by atoms with Crippen molar-refractivity contribution in [3.8, 4) is 56.3 Å². The molecule has 0 fully saturated rings. The van der Waals surface area contributed by atoms with E-state index in [1.54, 1.807) is 0 Å². The van der Waals surface area contributed by atoms with Crippen LogP contribution in [0, 0.1) is 24.5 Å². The van der Waals surface area contributed by atoms with Crippen LogP contribution in [0.1, 0.15) is 72.9 Å². The first kappa shape index (κ1) is 57.4. The van der Waals surface area contributed by atoms with Crippen LogP contribution in [-0.2, 0) is 52.8 Å². The molecule has 0 N–H and O–H groups in total. The number of para-hydroxylation sites is 1. The van der Waals surface area contributed by atoms with Crippen molar-refractivity contribution in [3.05, 3.63) is 295 Å². The molecule has 0 aliphatic rings. The molecular weight excluding hydrogens is 1260 g/mol. The van der Waals surface area contributed by atoms with Gasteiger partial charge in [-0.1, -0.05) is 166 Å². The topological polar surface area (TPSA) is 65.8 Å². The molecule has 0 spiro atoms. The van der Waals surface area contributed by atoms with E-state index in [0.29, 0.717) is 0 Å². The number of nitrogens with zero attached hydrogens (tertiary/aromatic N) is 5. The summed E-state index contributed by atoms with van der Waals surface area (Å²) >= 11 is 0. The smallest absolute Gasteiger partial charge is 0.241 e. The van der Waals surface area contributed by atoms with E-state index in [9.17, 15) is 0 Å². The van der Waals surface area contributed by atoms with Crippen molar-refractivity contribution in [3.63, 3.8) is 0 Å². The maximum absolute atomic E-state index is 6.85. The summed E-state index contributed by atoms with van der Waals surface area (Å²) in [5.41, 5.74) is 21.0. The summed E-state index contributed by atoms with van der Waals surface area (Å²) in [6, 6.07) is 82.9. The molecular formula is C80H64IrN5O2-3. The molecule has 0 amide bonds. The maximum atomic E-state index is 6.85. The molecule has 0 saturated carbocycles. The van der Waals surface area contributed by atoms with Crippen LogP contribution in [0.25, 0.3) is 111 Å². The summed E-state index contributed by atoms with van der Waals surface area (Å²) in [5.74, 6) is 1.32. The van der Waals surface area contributed by atoms with Crippen LogP contribution in [-0.4, -0.2) is 19.1 Å². The molecule has 1 radical (unpaired) electrons. The minimum atomic E-state index is 0. The second-order valence-corrected chi connectivity index (χ2v) is 23.3. The monoisotopic (exact) mass is 1320 g/mol. The van der Waals surface area contributed by atoms with Gasteiger partial charge < -0.3 is 27.5 Å². The number of aryl methyl sites for hydroxylation is 5.